The molecule has 106 valence electrons. The largest absolute Gasteiger partial charge is 0.478 e. The Morgan fingerprint density at radius 1 is 1.05 bits per heavy atom. The minimum atomic E-state index is 0.626. The predicted molar refractivity (Wildman–Crippen MR) is 84.5 cm³/mol. The number of pyridine rings is 2. The molecule has 0 amide bonds. The van der Waals surface area contributed by atoms with Crippen LogP contribution in [0.1, 0.15) is 12.6 Å². The highest BCUT2D eigenvalue weighted by Gasteiger charge is 1.99. The van der Waals surface area contributed by atoms with E-state index in [1.54, 1.807) is 6.20 Å². The van der Waals surface area contributed by atoms with Gasteiger partial charge < -0.3 is 10.1 Å². The summed E-state index contributed by atoms with van der Waals surface area (Å²) in [7, 11) is 0. The molecule has 2 heterocycles. The first kappa shape index (κ1) is 13.4. The van der Waals surface area contributed by atoms with Crippen molar-refractivity contribution < 1.29 is 4.74 Å². The van der Waals surface area contributed by atoms with Crippen LogP contribution in [0.2, 0.25) is 0 Å². The maximum absolute atomic E-state index is 5.32. The Kier molecular flexibility index (Phi) is 3.96. The highest BCUT2D eigenvalue weighted by atomic mass is 16.5. The molecule has 1 N–H and O–H groups in total. The van der Waals surface area contributed by atoms with Gasteiger partial charge in [-0.15, -0.1) is 0 Å². The number of benzene rings is 1. The van der Waals surface area contributed by atoms with Gasteiger partial charge in [0.2, 0.25) is 5.88 Å². The number of rotatable bonds is 5. The van der Waals surface area contributed by atoms with Crippen LogP contribution < -0.4 is 10.1 Å². The maximum atomic E-state index is 5.32. The van der Waals surface area contributed by atoms with Gasteiger partial charge in [-0.05, 0) is 25.1 Å². The normalized spacial score (nSPS) is 10.5. The topological polar surface area (TPSA) is 47.0 Å². The molecule has 0 bridgehead atoms. The quantitative estimate of drug-likeness (QED) is 0.774. The number of hydrogen-bond donors (Lipinski definition) is 1. The van der Waals surface area contributed by atoms with Crippen LogP contribution in [0.4, 0.5) is 5.69 Å². The summed E-state index contributed by atoms with van der Waals surface area (Å²) in [5.41, 5.74) is 2.97. The molecule has 2 aromatic heterocycles. The van der Waals surface area contributed by atoms with E-state index in [1.165, 1.54) is 0 Å². The Balaban J connectivity index is 1.68. The lowest BCUT2D eigenvalue weighted by Crippen LogP contribution is -2.02. The Labute approximate surface area is 123 Å². The molecule has 4 heteroatoms. The van der Waals surface area contributed by atoms with Gasteiger partial charge in [-0.1, -0.05) is 24.3 Å². The van der Waals surface area contributed by atoms with Crippen LogP contribution in [-0.4, -0.2) is 16.6 Å². The Morgan fingerprint density at radius 2 is 1.95 bits per heavy atom. The fourth-order valence-corrected chi connectivity index (χ4v) is 2.12. The fraction of sp³-hybridized carbons (Fsp3) is 0.176. The zero-order valence-electron chi connectivity index (χ0n) is 11.9. The lowest BCUT2D eigenvalue weighted by atomic mass is 10.2. The standard InChI is InChI=1S/C17H17N3O/c1-2-21-17-10-9-14(11-19-17)18-12-15-8-7-13-5-3-4-6-16(13)20-15/h3-11,18H,2,12H2,1H3. The van der Waals surface area contributed by atoms with Crippen LogP contribution >= 0.6 is 0 Å². The molecular weight excluding hydrogens is 262 g/mol. The van der Waals surface area contributed by atoms with Gasteiger partial charge in [-0.25, -0.2) is 4.98 Å². The van der Waals surface area contributed by atoms with Crippen molar-refractivity contribution in [3.8, 4) is 5.88 Å². The highest BCUT2D eigenvalue weighted by Crippen LogP contribution is 2.14. The van der Waals surface area contributed by atoms with Crippen LogP contribution in [-0.2, 0) is 6.54 Å². The van der Waals surface area contributed by atoms with Crippen molar-refractivity contribution in [2.24, 2.45) is 0 Å². The average molecular weight is 279 g/mol. The van der Waals surface area contributed by atoms with Gasteiger partial charge in [0.1, 0.15) is 0 Å². The van der Waals surface area contributed by atoms with Gasteiger partial charge in [-0.3, -0.25) is 4.98 Å². The summed E-state index contributed by atoms with van der Waals surface area (Å²) >= 11 is 0. The number of nitrogens with zero attached hydrogens (tertiary/aromatic N) is 2. The van der Waals surface area contributed by atoms with Crippen molar-refractivity contribution in [3.05, 3.63) is 60.4 Å². The molecular formula is C17H17N3O. The lowest BCUT2D eigenvalue weighted by molar-refractivity contribution is 0.327. The second-order valence-electron chi connectivity index (χ2n) is 4.67. The van der Waals surface area contributed by atoms with E-state index >= 15 is 0 Å². The summed E-state index contributed by atoms with van der Waals surface area (Å²) in [4.78, 5) is 8.86. The summed E-state index contributed by atoms with van der Waals surface area (Å²) in [6.07, 6.45) is 1.77. The predicted octanol–water partition coefficient (Wildman–Crippen LogP) is 3.64. The van der Waals surface area contributed by atoms with E-state index < -0.39 is 0 Å². The molecule has 4 nitrogen and oxygen atoms in total. The van der Waals surface area contributed by atoms with Gasteiger partial charge >= 0.3 is 0 Å². The molecule has 0 aliphatic carbocycles. The van der Waals surface area contributed by atoms with Crippen LogP contribution in [0.15, 0.2) is 54.7 Å². The number of hydrogen-bond acceptors (Lipinski definition) is 4. The molecule has 1 aromatic carbocycles. The number of fused-ring (bicyclic) bond motifs is 1. The molecule has 0 fully saturated rings. The van der Waals surface area contributed by atoms with E-state index in [4.69, 9.17) is 4.74 Å². The van der Waals surface area contributed by atoms with Crippen molar-refractivity contribution in [1.29, 1.82) is 0 Å². The van der Waals surface area contributed by atoms with E-state index in [2.05, 4.69) is 27.4 Å². The first-order valence-corrected chi connectivity index (χ1v) is 7.02. The molecule has 0 radical (unpaired) electrons. The summed E-state index contributed by atoms with van der Waals surface area (Å²) in [6, 6.07) is 16.1. The van der Waals surface area contributed by atoms with Crippen LogP contribution in [0, 0.1) is 0 Å². The first-order chi connectivity index (χ1) is 10.3. The van der Waals surface area contributed by atoms with Crippen molar-refractivity contribution in [2.75, 3.05) is 11.9 Å². The van der Waals surface area contributed by atoms with E-state index in [-0.39, 0.29) is 0 Å². The van der Waals surface area contributed by atoms with Gasteiger partial charge in [0.15, 0.2) is 0 Å². The molecule has 0 spiro atoms. The van der Waals surface area contributed by atoms with E-state index in [1.807, 2.05) is 43.3 Å². The summed E-state index contributed by atoms with van der Waals surface area (Å²) < 4.78 is 5.32. The van der Waals surface area contributed by atoms with Crippen molar-refractivity contribution in [1.82, 2.24) is 9.97 Å². The number of anilines is 1. The highest BCUT2D eigenvalue weighted by molar-refractivity contribution is 5.78. The number of para-hydroxylation sites is 1. The Hall–Kier alpha value is -2.62. The van der Waals surface area contributed by atoms with Crippen LogP contribution in [0.25, 0.3) is 10.9 Å². The molecule has 0 atom stereocenters. The summed E-state index contributed by atoms with van der Waals surface area (Å²) in [6.45, 7) is 3.24. The van der Waals surface area contributed by atoms with Crippen molar-refractivity contribution in [2.45, 2.75) is 13.5 Å². The smallest absolute Gasteiger partial charge is 0.213 e. The fourth-order valence-electron chi connectivity index (χ4n) is 2.12. The minimum Gasteiger partial charge on any atom is -0.478 e. The Bertz CT molecular complexity index is 725. The molecule has 3 aromatic rings. The maximum Gasteiger partial charge on any atom is 0.213 e. The molecule has 0 saturated heterocycles. The molecule has 21 heavy (non-hydrogen) atoms. The minimum absolute atomic E-state index is 0.626. The third-order valence-corrected chi connectivity index (χ3v) is 3.16. The van der Waals surface area contributed by atoms with Gasteiger partial charge in [0.05, 0.1) is 36.2 Å². The van der Waals surface area contributed by atoms with E-state index in [0.29, 0.717) is 19.0 Å². The summed E-state index contributed by atoms with van der Waals surface area (Å²) in [5, 5.41) is 4.47. The molecule has 3 rings (SSSR count). The first-order valence-electron chi connectivity index (χ1n) is 7.02. The zero-order chi connectivity index (χ0) is 14.5. The molecule has 0 unspecified atom stereocenters. The number of aromatic nitrogens is 2. The monoisotopic (exact) mass is 279 g/mol. The molecule has 0 saturated carbocycles. The van der Waals surface area contributed by atoms with E-state index in [0.717, 1.165) is 22.3 Å². The SMILES string of the molecule is CCOc1ccc(NCc2ccc3ccccc3n2)cn1. The van der Waals surface area contributed by atoms with Crippen molar-refractivity contribution >= 4 is 16.6 Å². The molecule has 0 aliphatic rings. The number of ether oxygens (including phenoxy) is 1. The lowest BCUT2D eigenvalue weighted by Gasteiger charge is -2.07. The van der Waals surface area contributed by atoms with Crippen molar-refractivity contribution in [3.63, 3.8) is 0 Å². The van der Waals surface area contributed by atoms with E-state index in [9.17, 15) is 0 Å². The average Bonchev–Trinajstić information content (AvgIpc) is 2.54. The van der Waals surface area contributed by atoms with Crippen LogP contribution in [0.3, 0.4) is 0 Å². The van der Waals surface area contributed by atoms with Gasteiger partial charge in [0.25, 0.3) is 0 Å². The number of nitrogens with one attached hydrogen (secondary N) is 1. The van der Waals surface area contributed by atoms with Gasteiger partial charge in [0, 0.05) is 11.5 Å². The zero-order valence-corrected chi connectivity index (χ0v) is 11.9. The molecule has 0 aliphatic heterocycles. The second kappa shape index (κ2) is 6.22. The Morgan fingerprint density at radius 3 is 2.76 bits per heavy atom. The third-order valence-electron chi connectivity index (χ3n) is 3.16. The van der Waals surface area contributed by atoms with Gasteiger partial charge in [-0.2, -0.15) is 0 Å². The van der Waals surface area contributed by atoms with Crippen LogP contribution in [0.5, 0.6) is 5.88 Å². The third kappa shape index (κ3) is 3.28. The second-order valence-corrected chi connectivity index (χ2v) is 4.67. The summed E-state index contributed by atoms with van der Waals surface area (Å²) in [5.74, 6) is 0.645.